The quantitative estimate of drug-likeness (QED) is 0.683. The largest absolute Gasteiger partial charge is 0.368 e. The topological polar surface area (TPSA) is 41.6 Å². The third kappa shape index (κ3) is 2.16. The van der Waals surface area contributed by atoms with Crippen LogP contribution in [0.25, 0.3) is 0 Å². The van der Waals surface area contributed by atoms with Gasteiger partial charge in [0.05, 0.1) is 0 Å². The number of nitrogens with one attached hydrogen (secondary N) is 1. The molecule has 0 spiro atoms. The molecule has 0 radical (unpaired) electrons. The van der Waals surface area contributed by atoms with Crippen molar-refractivity contribution in [2.24, 2.45) is 0 Å². The molecule has 2 rings (SSSR count). The highest BCUT2D eigenvalue weighted by atomic mass is 16.5. The Labute approximate surface area is 91.0 Å². The molecule has 4 heteroatoms. The highest BCUT2D eigenvalue weighted by Crippen LogP contribution is 2.22. The van der Waals surface area contributed by atoms with Crippen LogP contribution in [-0.2, 0) is 9.53 Å². The summed E-state index contributed by atoms with van der Waals surface area (Å²) >= 11 is 0. The molecule has 2 aliphatic heterocycles. The Hall–Kier alpha value is -0.610. The Morgan fingerprint density at radius 1 is 1.53 bits per heavy atom. The lowest BCUT2D eigenvalue weighted by Crippen LogP contribution is -2.61. The van der Waals surface area contributed by atoms with E-state index in [0.717, 1.165) is 39.1 Å². The molecule has 0 saturated carbocycles. The van der Waals surface area contributed by atoms with Crippen molar-refractivity contribution in [2.45, 2.75) is 38.3 Å². The third-order valence-corrected chi connectivity index (χ3v) is 3.27. The fourth-order valence-corrected chi connectivity index (χ4v) is 2.34. The number of nitrogens with zero attached hydrogens (tertiary/aromatic N) is 1. The minimum absolute atomic E-state index is 0.0821. The summed E-state index contributed by atoms with van der Waals surface area (Å²) in [5.41, 5.74) is -0.0821. The lowest BCUT2D eigenvalue weighted by atomic mass is 9.99. The summed E-state index contributed by atoms with van der Waals surface area (Å²) in [6.07, 6.45) is 1.73. The molecular weight excluding hydrogens is 192 g/mol. The van der Waals surface area contributed by atoms with Gasteiger partial charge in [-0.25, -0.2) is 0 Å². The Balaban J connectivity index is 2.04. The normalized spacial score (nSPS) is 30.5. The number of carbonyl (C=O) groups excluding carboxylic acids is 1. The van der Waals surface area contributed by atoms with Gasteiger partial charge < -0.3 is 15.0 Å². The number of rotatable bonds is 1. The van der Waals surface area contributed by atoms with Crippen LogP contribution in [0.3, 0.4) is 0 Å². The Morgan fingerprint density at radius 3 is 2.93 bits per heavy atom. The summed E-state index contributed by atoms with van der Waals surface area (Å²) in [5, 5.41) is 3.32. The number of hydrogen-bond donors (Lipinski definition) is 1. The molecule has 15 heavy (non-hydrogen) atoms. The standard InChI is InChI=1S/C11H20N2O2/c1-11(2)8-12-5-6-13(11)10(14)9-4-3-7-15-9/h9,12H,3-8H2,1-2H3/t9-/m1/s1. The van der Waals surface area contributed by atoms with Crippen molar-refractivity contribution in [3.63, 3.8) is 0 Å². The number of ether oxygens (including phenoxy) is 1. The van der Waals surface area contributed by atoms with E-state index in [1.165, 1.54) is 0 Å². The molecule has 0 unspecified atom stereocenters. The number of hydrogen-bond acceptors (Lipinski definition) is 3. The third-order valence-electron chi connectivity index (χ3n) is 3.27. The van der Waals surface area contributed by atoms with Gasteiger partial charge in [0.1, 0.15) is 6.10 Å². The van der Waals surface area contributed by atoms with Crippen molar-refractivity contribution < 1.29 is 9.53 Å². The monoisotopic (exact) mass is 212 g/mol. The summed E-state index contributed by atoms with van der Waals surface area (Å²) in [7, 11) is 0. The predicted molar refractivity (Wildman–Crippen MR) is 57.6 cm³/mol. The van der Waals surface area contributed by atoms with Gasteiger partial charge in [-0.2, -0.15) is 0 Å². The molecule has 2 aliphatic rings. The second-order valence-corrected chi connectivity index (χ2v) is 4.98. The lowest BCUT2D eigenvalue weighted by molar-refractivity contribution is -0.147. The maximum absolute atomic E-state index is 12.2. The van der Waals surface area contributed by atoms with Crippen molar-refractivity contribution in [2.75, 3.05) is 26.2 Å². The highest BCUT2D eigenvalue weighted by molar-refractivity contribution is 5.82. The van der Waals surface area contributed by atoms with E-state index in [1.54, 1.807) is 0 Å². The van der Waals surface area contributed by atoms with E-state index in [4.69, 9.17) is 4.74 Å². The maximum atomic E-state index is 12.2. The van der Waals surface area contributed by atoms with Crippen molar-refractivity contribution in [3.05, 3.63) is 0 Å². The van der Waals surface area contributed by atoms with Crippen molar-refractivity contribution >= 4 is 5.91 Å². The van der Waals surface area contributed by atoms with Crippen LogP contribution in [-0.4, -0.2) is 48.7 Å². The molecule has 2 fully saturated rings. The number of piperazine rings is 1. The van der Waals surface area contributed by atoms with Gasteiger partial charge in [0.2, 0.25) is 0 Å². The zero-order chi connectivity index (χ0) is 10.9. The lowest BCUT2D eigenvalue weighted by Gasteiger charge is -2.43. The summed E-state index contributed by atoms with van der Waals surface area (Å²) in [4.78, 5) is 14.2. The minimum atomic E-state index is -0.178. The van der Waals surface area contributed by atoms with E-state index >= 15 is 0 Å². The average Bonchev–Trinajstić information content (AvgIpc) is 2.69. The van der Waals surface area contributed by atoms with Gasteiger partial charge in [-0.05, 0) is 26.7 Å². The number of amides is 1. The molecule has 86 valence electrons. The van der Waals surface area contributed by atoms with Gasteiger partial charge >= 0.3 is 0 Å². The fourth-order valence-electron chi connectivity index (χ4n) is 2.34. The molecule has 0 bridgehead atoms. The van der Waals surface area contributed by atoms with Crippen LogP contribution >= 0.6 is 0 Å². The van der Waals surface area contributed by atoms with Gasteiger partial charge in [-0.3, -0.25) is 4.79 Å². The molecule has 0 aromatic rings. The van der Waals surface area contributed by atoms with E-state index in [1.807, 2.05) is 4.90 Å². The second-order valence-electron chi connectivity index (χ2n) is 4.98. The molecular formula is C11H20N2O2. The zero-order valence-electron chi connectivity index (χ0n) is 9.58. The molecule has 2 heterocycles. The first-order chi connectivity index (χ1) is 7.11. The van der Waals surface area contributed by atoms with Crippen LogP contribution in [0.4, 0.5) is 0 Å². The summed E-state index contributed by atoms with van der Waals surface area (Å²) in [6.45, 7) is 7.50. The fraction of sp³-hybridized carbons (Fsp3) is 0.909. The molecule has 0 aliphatic carbocycles. The molecule has 0 aromatic heterocycles. The molecule has 4 nitrogen and oxygen atoms in total. The van der Waals surface area contributed by atoms with Gasteiger partial charge in [0.25, 0.3) is 5.91 Å². The van der Waals surface area contributed by atoms with E-state index in [2.05, 4.69) is 19.2 Å². The van der Waals surface area contributed by atoms with Gasteiger partial charge in [0, 0.05) is 31.8 Å². The van der Waals surface area contributed by atoms with Crippen LogP contribution < -0.4 is 5.32 Å². The van der Waals surface area contributed by atoms with Crippen molar-refractivity contribution in [1.82, 2.24) is 10.2 Å². The van der Waals surface area contributed by atoms with Crippen molar-refractivity contribution in [3.8, 4) is 0 Å². The van der Waals surface area contributed by atoms with Crippen LogP contribution in [0.1, 0.15) is 26.7 Å². The predicted octanol–water partition coefficient (Wildman–Crippen LogP) is 0.376. The summed E-state index contributed by atoms with van der Waals surface area (Å²) in [6, 6.07) is 0. The van der Waals surface area contributed by atoms with Crippen LogP contribution in [0.5, 0.6) is 0 Å². The Morgan fingerprint density at radius 2 is 2.33 bits per heavy atom. The second kappa shape index (κ2) is 4.10. The van der Waals surface area contributed by atoms with E-state index in [9.17, 15) is 4.79 Å². The van der Waals surface area contributed by atoms with Crippen molar-refractivity contribution in [1.29, 1.82) is 0 Å². The molecule has 1 amide bonds. The smallest absolute Gasteiger partial charge is 0.252 e. The average molecular weight is 212 g/mol. The Bertz CT molecular complexity index is 247. The van der Waals surface area contributed by atoms with E-state index in [0.29, 0.717) is 0 Å². The number of carbonyl (C=O) groups is 1. The molecule has 2 saturated heterocycles. The highest BCUT2D eigenvalue weighted by Gasteiger charge is 2.37. The minimum Gasteiger partial charge on any atom is -0.368 e. The first-order valence-corrected chi connectivity index (χ1v) is 5.75. The summed E-state index contributed by atoms with van der Waals surface area (Å²) < 4.78 is 5.45. The van der Waals surface area contributed by atoms with Gasteiger partial charge in [-0.15, -0.1) is 0 Å². The van der Waals surface area contributed by atoms with Crippen LogP contribution in [0.2, 0.25) is 0 Å². The molecule has 1 atom stereocenters. The first kappa shape index (κ1) is 10.9. The maximum Gasteiger partial charge on any atom is 0.252 e. The SMILES string of the molecule is CC1(C)CNCCN1C(=O)[C@H]1CCCO1. The molecule has 1 N–H and O–H groups in total. The molecule has 0 aromatic carbocycles. The Kier molecular flexibility index (Phi) is 2.98. The zero-order valence-corrected chi connectivity index (χ0v) is 9.58. The first-order valence-electron chi connectivity index (χ1n) is 5.75. The van der Waals surface area contributed by atoms with E-state index < -0.39 is 0 Å². The van der Waals surface area contributed by atoms with Gasteiger partial charge in [-0.1, -0.05) is 0 Å². The van der Waals surface area contributed by atoms with Gasteiger partial charge in [0.15, 0.2) is 0 Å². The van der Waals surface area contributed by atoms with Crippen LogP contribution in [0.15, 0.2) is 0 Å². The summed E-state index contributed by atoms with van der Waals surface area (Å²) in [5.74, 6) is 0.180. The van der Waals surface area contributed by atoms with E-state index in [-0.39, 0.29) is 17.6 Å². The van der Waals surface area contributed by atoms with Crippen LogP contribution in [0, 0.1) is 0 Å².